The zero-order chi connectivity index (χ0) is 12.7. The van der Waals surface area contributed by atoms with Crippen molar-refractivity contribution in [3.05, 3.63) is 0 Å². The van der Waals surface area contributed by atoms with E-state index in [9.17, 15) is 17.3 Å². The number of hydrogen-bond donors (Lipinski definition) is 0. The predicted octanol–water partition coefficient (Wildman–Crippen LogP) is 3.72. The summed E-state index contributed by atoms with van der Waals surface area (Å²) >= 11 is 0. The van der Waals surface area contributed by atoms with Gasteiger partial charge in [0.25, 0.3) is 0 Å². The molecular formula is C10H22BF4N. The summed E-state index contributed by atoms with van der Waals surface area (Å²) in [6.07, 6.45) is 7.14. The summed E-state index contributed by atoms with van der Waals surface area (Å²) in [7, 11) is -3.58. The van der Waals surface area contributed by atoms with E-state index in [4.69, 9.17) is 0 Å². The fraction of sp³-hybridized carbons (Fsp3) is 1.00. The SMILES string of the molecule is CCCCC[N+]1(C)CCCC1.F[B-](F)(F)F. The van der Waals surface area contributed by atoms with Crippen LogP contribution in [0.25, 0.3) is 0 Å². The van der Waals surface area contributed by atoms with E-state index >= 15 is 0 Å². The summed E-state index contributed by atoms with van der Waals surface area (Å²) in [6.45, 7) is 6.57. The van der Waals surface area contributed by atoms with Crippen LogP contribution in [0.15, 0.2) is 0 Å². The zero-order valence-electron chi connectivity index (χ0n) is 10.2. The lowest BCUT2D eigenvalue weighted by Gasteiger charge is -2.28. The minimum atomic E-state index is -6.00. The average Bonchev–Trinajstić information content (AvgIpc) is 2.50. The Hall–Kier alpha value is -0.255. The van der Waals surface area contributed by atoms with Gasteiger partial charge in [-0.05, 0) is 12.8 Å². The maximum absolute atomic E-state index is 9.75. The molecule has 1 rings (SSSR count). The number of quaternary nitrogens is 1. The topological polar surface area (TPSA) is 0 Å². The molecule has 98 valence electrons. The molecule has 16 heavy (non-hydrogen) atoms. The van der Waals surface area contributed by atoms with Crippen molar-refractivity contribution < 1.29 is 21.7 Å². The first-order chi connectivity index (χ1) is 7.27. The number of unbranched alkanes of at least 4 members (excludes halogenated alkanes) is 2. The minimum absolute atomic E-state index is 1.36. The van der Waals surface area contributed by atoms with Crippen molar-refractivity contribution in [1.82, 2.24) is 0 Å². The standard InChI is InChI=1S/C10H22N.BF4/c1-3-4-5-8-11(2)9-6-7-10-11;2-1(3,4)5/h3-10H2,1-2H3;/q+1;-1. The fourth-order valence-electron chi connectivity index (χ4n) is 2.07. The average molecular weight is 243 g/mol. The highest BCUT2D eigenvalue weighted by molar-refractivity contribution is 6.50. The first kappa shape index (κ1) is 15.7. The second-order valence-corrected chi connectivity index (χ2v) is 4.70. The first-order valence-electron chi connectivity index (χ1n) is 5.98. The van der Waals surface area contributed by atoms with Crippen molar-refractivity contribution in [2.75, 3.05) is 26.7 Å². The first-order valence-corrected chi connectivity index (χ1v) is 5.98. The predicted molar refractivity (Wildman–Crippen MR) is 59.7 cm³/mol. The van der Waals surface area contributed by atoms with E-state index in [1.54, 1.807) is 0 Å². The van der Waals surface area contributed by atoms with Gasteiger partial charge in [-0.15, -0.1) is 0 Å². The molecule has 0 aromatic heterocycles. The van der Waals surface area contributed by atoms with Crippen LogP contribution < -0.4 is 0 Å². The molecule has 1 saturated heterocycles. The van der Waals surface area contributed by atoms with E-state index < -0.39 is 7.25 Å². The van der Waals surface area contributed by atoms with Crippen LogP contribution in [-0.2, 0) is 0 Å². The van der Waals surface area contributed by atoms with Gasteiger partial charge in [0.05, 0.1) is 26.7 Å². The van der Waals surface area contributed by atoms with Crippen LogP contribution in [0.2, 0.25) is 0 Å². The molecule has 0 atom stereocenters. The van der Waals surface area contributed by atoms with Gasteiger partial charge in [-0.2, -0.15) is 0 Å². The quantitative estimate of drug-likeness (QED) is 0.305. The van der Waals surface area contributed by atoms with Crippen molar-refractivity contribution in [2.24, 2.45) is 0 Å². The molecule has 0 radical (unpaired) electrons. The molecule has 0 unspecified atom stereocenters. The van der Waals surface area contributed by atoms with E-state index in [-0.39, 0.29) is 0 Å². The van der Waals surface area contributed by atoms with Crippen molar-refractivity contribution in [2.45, 2.75) is 39.0 Å². The molecule has 1 aliphatic heterocycles. The van der Waals surface area contributed by atoms with Gasteiger partial charge < -0.3 is 21.7 Å². The largest absolute Gasteiger partial charge is 0.673 e. The highest BCUT2D eigenvalue weighted by Crippen LogP contribution is 2.17. The molecule has 1 fully saturated rings. The van der Waals surface area contributed by atoms with Crippen molar-refractivity contribution in [1.29, 1.82) is 0 Å². The Kier molecular flexibility index (Phi) is 7.03. The van der Waals surface area contributed by atoms with Crippen LogP contribution in [-0.4, -0.2) is 38.4 Å². The Labute approximate surface area is 95.5 Å². The Morgan fingerprint density at radius 1 is 1.00 bits per heavy atom. The van der Waals surface area contributed by atoms with E-state index in [1.807, 2.05) is 0 Å². The van der Waals surface area contributed by atoms with Crippen molar-refractivity contribution in [3.8, 4) is 0 Å². The molecule has 6 heteroatoms. The van der Waals surface area contributed by atoms with Gasteiger partial charge in [-0.25, -0.2) is 0 Å². The molecule has 0 aromatic carbocycles. The van der Waals surface area contributed by atoms with Gasteiger partial charge >= 0.3 is 7.25 Å². The van der Waals surface area contributed by atoms with Crippen molar-refractivity contribution >= 4 is 7.25 Å². The molecule has 1 heterocycles. The number of hydrogen-bond acceptors (Lipinski definition) is 0. The minimum Gasteiger partial charge on any atom is -0.418 e. The van der Waals surface area contributed by atoms with E-state index in [1.165, 1.54) is 56.2 Å². The smallest absolute Gasteiger partial charge is 0.418 e. The van der Waals surface area contributed by atoms with Crippen LogP contribution in [0.1, 0.15) is 39.0 Å². The van der Waals surface area contributed by atoms with E-state index in [0.29, 0.717) is 0 Å². The lowest BCUT2D eigenvalue weighted by Crippen LogP contribution is -2.41. The lowest BCUT2D eigenvalue weighted by molar-refractivity contribution is -0.897. The lowest BCUT2D eigenvalue weighted by atomic mass is 10.2. The molecule has 0 aromatic rings. The van der Waals surface area contributed by atoms with E-state index in [0.717, 1.165) is 0 Å². The Morgan fingerprint density at radius 3 is 1.81 bits per heavy atom. The van der Waals surface area contributed by atoms with Gasteiger partial charge in [0, 0.05) is 12.8 Å². The third-order valence-electron chi connectivity index (χ3n) is 2.95. The molecule has 1 nitrogen and oxygen atoms in total. The summed E-state index contributed by atoms with van der Waals surface area (Å²) in [5.74, 6) is 0. The Morgan fingerprint density at radius 2 is 1.44 bits per heavy atom. The summed E-state index contributed by atoms with van der Waals surface area (Å²) in [5.41, 5.74) is 0. The van der Waals surface area contributed by atoms with Crippen LogP contribution in [0, 0.1) is 0 Å². The van der Waals surface area contributed by atoms with Crippen LogP contribution in [0.3, 0.4) is 0 Å². The summed E-state index contributed by atoms with van der Waals surface area (Å²) in [4.78, 5) is 0. The monoisotopic (exact) mass is 243 g/mol. The fourth-order valence-corrected chi connectivity index (χ4v) is 2.07. The van der Waals surface area contributed by atoms with Gasteiger partial charge in [-0.1, -0.05) is 13.3 Å². The number of halogens is 4. The Bertz CT molecular complexity index is 172. The van der Waals surface area contributed by atoms with Gasteiger partial charge in [0.2, 0.25) is 0 Å². The summed E-state index contributed by atoms with van der Waals surface area (Å²) in [6, 6.07) is 0. The van der Waals surface area contributed by atoms with Crippen LogP contribution in [0.5, 0.6) is 0 Å². The maximum atomic E-state index is 9.75. The highest BCUT2D eigenvalue weighted by Gasteiger charge is 2.25. The molecule has 0 aliphatic carbocycles. The highest BCUT2D eigenvalue weighted by atomic mass is 19.5. The number of nitrogens with zero attached hydrogens (tertiary/aromatic N) is 1. The molecule has 0 spiro atoms. The summed E-state index contributed by atoms with van der Waals surface area (Å²) in [5, 5.41) is 0. The molecule has 1 aliphatic rings. The van der Waals surface area contributed by atoms with Crippen LogP contribution >= 0.6 is 0 Å². The van der Waals surface area contributed by atoms with Gasteiger partial charge in [-0.3, -0.25) is 0 Å². The molecule has 0 saturated carbocycles. The zero-order valence-corrected chi connectivity index (χ0v) is 10.2. The molecule has 0 N–H and O–H groups in total. The normalized spacial score (nSPS) is 19.1. The van der Waals surface area contributed by atoms with E-state index in [2.05, 4.69) is 14.0 Å². The van der Waals surface area contributed by atoms with Gasteiger partial charge in [0.15, 0.2) is 0 Å². The Balaban J connectivity index is 0.000000385. The summed E-state index contributed by atoms with van der Waals surface area (Å²) < 4.78 is 40.4. The van der Waals surface area contributed by atoms with Gasteiger partial charge in [0.1, 0.15) is 0 Å². The number of rotatable bonds is 4. The maximum Gasteiger partial charge on any atom is 0.673 e. The molecule has 0 amide bonds. The second kappa shape index (κ2) is 7.15. The number of likely N-dealkylation sites (tertiary alicyclic amines) is 1. The van der Waals surface area contributed by atoms with Crippen LogP contribution in [0.4, 0.5) is 17.3 Å². The second-order valence-electron chi connectivity index (χ2n) is 4.70. The molecular weight excluding hydrogens is 221 g/mol. The van der Waals surface area contributed by atoms with Crippen molar-refractivity contribution in [3.63, 3.8) is 0 Å². The third-order valence-corrected chi connectivity index (χ3v) is 2.95. The third kappa shape index (κ3) is 10.3. The molecule has 0 bridgehead atoms.